The monoisotopic (exact) mass is 446 g/mol. The molecule has 0 fully saturated rings. The van der Waals surface area contributed by atoms with Crippen molar-refractivity contribution in [2.45, 2.75) is 19.1 Å². The van der Waals surface area contributed by atoms with Crippen molar-refractivity contribution in [3.05, 3.63) is 95.6 Å². The van der Waals surface area contributed by atoms with Gasteiger partial charge in [-0.2, -0.15) is 5.10 Å². The van der Waals surface area contributed by atoms with Crippen LogP contribution in [0.4, 0.5) is 4.39 Å². The fraction of sp³-hybridized carbons (Fsp3) is 0.160. The summed E-state index contributed by atoms with van der Waals surface area (Å²) in [6.07, 6.45) is 2.03. The van der Waals surface area contributed by atoms with Crippen LogP contribution in [0.3, 0.4) is 0 Å². The Balaban J connectivity index is 1.63. The fourth-order valence-corrected chi connectivity index (χ4v) is 3.65. The van der Waals surface area contributed by atoms with Gasteiger partial charge >= 0.3 is 0 Å². The number of aliphatic hydroxyl groups excluding tert-OH is 2. The summed E-state index contributed by atoms with van der Waals surface area (Å²) in [4.78, 5) is 17.4. The third-order valence-corrected chi connectivity index (χ3v) is 5.29. The maximum atomic E-state index is 13.3. The van der Waals surface area contributed by atoms with Gasteiger partial charge in [0.2, 0.25) is 0 Å². The average molecular weight is 446 g/mol. The Bertz CT molecular complexity index is 1230. The first-order chi connectivity index (χ1) is 16.1. The van der Waals surface area contributed by atoms with E-state index in [1.54, 1.807) is 48.7 Å². The van der Waals surface area contributed by atoms with Crippen LogP contribution in [0.5, 0.6) is 0 Å². The Morgan fingerprint density at radius 3 is 2.58 bits per heavy atom. The SMILES string of the molecule is O=C(N[C@@H](CO)Cc1ccccn1)c1cccc(CO)c1-c1cc(-c2ccc(F)cc2)n[nH]1. The van der Waals surface area contributed by atoms with Gasteiger partial charge in [0.1, 0.15) is 5.82 Å². The molecule has 2 aromatic heterocycles. The Labute approximate surface area is 190 Å². The highest BCUT2D eigenvalue weighted by Crippen LogP contribution is 2.30. The first kappa shape index (κ1) is 22.3. The topological polar surface area (TPSA) is 111 Å². The number of halogens is 1. The largest absolute Gasteiger partial charge is 0.394 e. The molecule has 0 radical (unpaired) electrons. The number of aromatic amines is 1. The Hall–Kier alpha value is -3.88. The van der Waals surface area contributed by atoms with Crippen LogP contribution in [-0.4, -0.2) is 44.0 Å². The second-order valence-electron chi connectivity index (χ2n) is 7.55. The van der Waals surface area contributed by atoms with E-state index in [4.69, 9.17) is 0 Å². The number of amides is 1. The number of pyridine rings is 1. The number of aliphatic hydroxyl groups is 2. The van der Waals surface area contributed by atoms with Gasteiger partial charge in [-0.1, -0.05) is 18.2 Å². The molecule has 33 heavy (non-hydrogen) atoms. The molecule has 0 aliphatic rings. The van der Waals surface area contributed by atoms with Crippen molar-refractivity contribution >= 4 is 5.91 Å². The zero-order valence-corrected chi connectivity index (χ0v) is 17.7. The van der Waals surface area contributed by atoms with E-state index in [0.717, 1.165) is 5.69 Å². The van der Waals surface area contributed by atoms with Crippen LogP contribution in [0.2, 0.25) is 0 Å². The number of hydrogen-bond donors (Lipinski definition) is 4. The number of rotatable bonds is 8. The lowest BCUT2D eigenvalue weighted by molar-refractivity contribution is 0.0916. The molecule has 0 aliphatic heterocycles. The molecule has 0 unspecified atom stereocenters. The number of carbonyl (C=O) groups is 1. The van der Waals surface area contributed by atoms with E-state index in [2.05, 4.69) is 20.5 Å². The van der Waals surface area contributed by atoms with Gasteiger partial charge in [-0.3, -0.25) is 14.9 Å². The standard InChI is InChI=1S/C25H23FN4O3/c26-18-9-7-16(8-10-18)22-13-23(30-29-22)24-17(14-31)4-3-6-21(24)25(33)28-20(15-32)12-19-5-1-2-11-27-19/h1-11,13,20,31-32H,12,14-15H2,(H,28,33)(H,29,30)/t20-/m1/s1. The molecule has 0 bridgehead atoms. The number of benzene rings is 2. The van der Waals surface area contributed by atoms with Crippen molar-refractivity contribution in [1.29, 1.82) is 0 Å². The zero-order valence-electron chi connectivity index (χ0n) is 17.7. The Kier molecular flexibility index (Phi) is 6.87. The number of nitrogens with zero attached hydrogens (tertiary/aromatic N) is 2. The highest BCUT2D eigenvalue weighted by atomic mass is 19.1. The molecule has 0 spiro atoms. The normalized spacial score (nSPS) is 11.8. The van der Waals surface area contributed by atoms with Gasteiger partial charge in [0.25, 0.3) is 5.91 Å². The minimum Gasteiger partial charge on any atom is -0.394 e. The van der Waals surface area contributed by atoms with Crippen LogP contribution in [0, 0.1) is 5.82 Å². The van der Waals surface area contributed by atoms with Gasteiger partial charge in [-0.15, -0.1) is 0 Å². The van der Waals surface area contributed by atoms with Crippen LogP contribution in [-0.2, 0) is 13.0 Å². The Morgan fingerprint density at radius 1 is 1.06 bits per heavy atom. The molecule has 7 nitrogen and oxygen atoms in total. The quantitative estimate of drug-likeness (QED) is 0.332. The molecule has 0 aliphatic carbocycles. The van der Waals surface area contributed by atoms with Crippen molar-refractivity contribution in [2.75, 3.05) is 6.61 Å². The summed E-state index contributed by atoms with van der Waals surface area (Å²) >= 11 is 0. The van der Waals surface area contributed by atoms with Crippen LogP contribution >= 0.6 is 0 Å². The summed E-state index contributed by atoms with van der Waals surface area (Å²) in [5.41, 5.74) is 3.95. The van der Waals surface area contributed by atoms with E-state index in [9.17, 15) is 19.4 Å². The van der Waals surface area contributed by atoms with E-state index < -0.39 is 11.9 Å². The molecule has 4 N–H and O–H groups in total. The van der Waals surface area contributed by atoms with Crippen molar-refractivity contribution < 1.29 is 19.4 Å². The summed E-state index contributed by atoms with van der Waals surface area (Å²) in [7, 11) is 0. The minimum absolute atomic E-state index is 0.254. The maximum Gasteiger partial charge on any atom is 0.252 e. The lowest BCUT2D eigenvalue weighted by Crippen LogP contribution is -2.39. The van der Waals surface area contributed by atoms with E-state index in [0.29, 0.717) is 40.1 Å². The average Bonchev–Trinajstić information content (AvgIpc) is 3.34. The molecule has 2 aromatic carbocycles. The van der Waals surface area contributed by atoms with Crippen molar-refractivity contribution in [3.8, 4) is 22.5 Å². The number of carbonyl (C=O) groups excluding carboxylic acids is 1. The molecule has 168 valence electrons. The van der Waals surface area contributed by atoms with Crippen molar-refractivity contribution in [3.63, 3.8) is 0 Å². The smallest absolute Gasteiger partial charge is 0.252 e. The third-order valence-electron chi connectivity index (χ3n) is 5.29. The molecule has 4 aromatic rings. The zero-order chi connectivity index (χ0) is 23.2. The van der Waals surface area contributed by atoms with Gasteiger partial charge in [-0.25, -0.2) is 4.39 Å². The van der Waals surface area contributed by atoms with Gasteiger partial charge in [-0.05, 0) is 54.1 Å². The summed E-state index contributed by atoms with van der Waals surface area (Å²) in [5.74, 6) is -0.739. The molecular formula is C25H23FN4O3. The van der Waals surface area contributed by atoms with E-state index in [1.807, 2.05) is 12.1 Å². The lowest BCUT2D eigenvalue weighted by atomic mass is 9.97. The molecule has 0 saturated heterocycles. The predicted molar refractivity (Wildman–Crippen MR) is 122 cm³/mol. The highest BCUT2D eigenvalue weighted by Gasteiger charge is 2.21. The summed E-state index contributed by atoms with van der Waals surface area (Å²) in [6, 6.07) is 17.7. The maximum absolute atomic E-state index is 13.3. The van der Waals surface area contributed by atoms with E-state index in [1.165, 1.54) is 12.1 Å². The summed E-state index contributed by atoms with van der Waals surface area (Å²) < 4.78 is 13.3. The molecule has 1 amide bonds. The highest BCUT2D eigenvalue weighted by molar-refractivity contribution is 6.01. The molecule has 2 heterocycles. The van der Waals surface area contributed by atoms with Crippen LogP contribution in [0.15, 0.2) is 72.9 Å². The van der Waals surface area contributed by atoms with E-state index >= 15 is 0 Å². The molecule has 4 rings (SSSR count). The molecule has 8 heteroatoms. The predicted octanol–water partition coefficient (Wildman–Crippen LogP) is 3.10. The van der Waals surface area contributed by atoms with Gasteiger partial charge < -0.3 is 15.5 Å². The number of nitrogens with one attached hydrogen (secondary N) is 2. The fourth-order valence-electron chi connectivity index (χ4n) is 3.65. The Morgan fingerprint density at radius 2 is 1.88 bits per heavy atom. The van der Waals surface area contributed by atoms with Gasteiger partial charge in [0.15, 0.2) is 0 Å². The number of H-pyrrole nitrogens is 1. The van der Waals surface area contributed by atoms with Gasteiger partial charge in [0.05, 0.1) is 30.6 Å². The lowest BCUT2D eigenvalue weighted by Gasteiger charge is -2.18. The second kappa shape index (κ2) is 10.2. The summed E-state index contributed by atoms with van der Waals surface area (Å²) in [5, 5.41) is 29.8. The molecular weight excluding hydrogens is 423 g/mol. The molecule has 0 saturated carbocycles. The van der Waals surface area contributed by atoms with Crippen LogP contribution < -0.4 is 5.32 Å². The van der Waals surface area contributed by atoms with Gasteiger partial charge in [0, 0.05) is 35.0 Å². The van der Waals surface area contributed by atoms with E-state index in [-0.39, 0.29) is 19.0 Å². The third kappa shape index (κ3) is 5.14. The number of aromatic nitrogens is 3. The molecule has 1 atom stereocenters. The van der Waals surface area contributed by atoms with Crippen molar-refractivity contribution in [1.82, 2.24) is 20.5 Å². The second-order valence-corrected chi connectivity index (χ2v) is 7.55. The van der Waals surface area contributed by atoms with Crippen LogP contribution in [0.1, 0.15) is 21.6 Å². The first-order valence-electron chi connectivity index (χ1n) is 10.4. The van der Waals surface area contributed by atoms with Crippen LogP contribution in [0.25, 0.3) is 22.5 Å². The minimum atomic E-state index is -0.533. The summed E-state index contributed by atoms with van der Waals surface area (Å²) in [6.45, 7) is -0.533. The van der Waals surface area contributed by atoms with Crippen molar-refractivity contribution in [2.24, 2.45) is 0 Å². The number of hydrogen-bond acceptors (Lipinski definition) is 5. The first-order valence-corrected chi connectivity index (χ1v) is 10.4.